The van der Waals surface area contributed by atoms with Gasteiger partial charge < -0.3 is 4.90 Å². The lowest BCUT2D eigenvalue weighted by molar-refractivity contribution is -0.384. The highest BCUT2D eigenvalue weighted by molar-refractivity contribution is 5.83. The Morgan fingerprint density at radius 1 is 1.04 bits per heavy atom. The summed E-state index contributed by atoms with van der Waals surface area (Å²) in [7, 11) is 1.80. The van der Waals surface area contributed by atoms with Gasteiger partial charge >= 0.3 is 0 Å². The molecule has 5 heteroatoms. The molecular weight excluding hydrogens is 304 g/mol. The van der Waals surface area contributed by atoms with Crippen LogP contribution in [0.25, 0.3) is 10.8 Å². The molecule has 5 nitrogen and oxygen atoms in total. The van der Waals surface area contributed by atoms with Crippen molar-refractivity contribution >= 4 is 28.4 Å². The number of carbonyl (C=O) groups is 1. The molecule has 3 rings (SSSR count). The number of nitrogens with zero attached hydrogens (tertiary/aromatic N) is 2. The van der Waals surface area contributed by atoms with E-state index in [1.165, 1.54) is 6.07 Å². The molecule has 0 spiro atoms. The Morgan fingerprint density at radius 3 is 2.50 bits per heavy atom. The van der Waals surface area contributed by atoms with Gasteiger partial charge in [0.25, 0.3) is 5.69 Å². The summed E-state index contributed by atoms with van der Waals surface area (Å²) in [6.07, 6.45) is 0.611. The van der Waals surface area contributed by atoms with E-state index < -0.39 is 4.92 Å². The van der Waals surface area contributed by atoms with Crippen LogP contribution >= 0.6 is 0 Å². The van der Waals surface area contributed by atoms with Crippen molar-refractivity contribution < 1.29 is 9.72 Å². The van der Waals surface area contributed by atoms with Gasteiger partial charge in [0.05, 0.1) is 4.92 Å². The molecule has 0 bridgehead atoms. The predicted octanol–water partition coefficient (Wildman–Crippen LogP) is 4.20. The van der Waals surface area contributed by atoms with Gasteiger partial charge in [-0.15, -0.1) is 0 Å². The Morgan fingerprint density at radius 2 is 1.79 bits per heavy atom. The first-order chi connectivity index (χ1) is 11.6. The summed E-state index contributed by atoms with van der Waals surface area (Å²) in [5.41, 5.74) is 1.77. The number of carbonyl (C=O) groups excluding carboxylic acids is 1. The third-order valence-electron chi connectivity index (χ3n) is 3.98. The first-order valence-corrected chi connectivity index (χ1v) is 7.51. The van der Waals surface area contributed by atoms with Crippen molar-refractivity contribution in [2.75, 3.05) is 11.9 Å². The molecule has 0 aliphatic heterocycles. The average Bonchev–Trinajstić information content (AvgIpc) is 2.61. The highest BCUT2D eigenvalue weighted by Crippen LogP contribution is 2.29. The number of nitro benzene ring substituents is 1. The summed E-state index contributed by atoms with van der Waals surface area (Å²) < 4.78 is 0. The molecule has 0 heterocycles. The largest absolute Gasteiger partial charge is 0.365 e. The molecule has 0 saturated heterocycles. The topological polar surface area (TPSA) is 63.5 Å². The fraction of sp³-hybridized carbons (Fsp3) is 0.105. The molecule has 120 valence electrons. The summed E-state index contributed by atoms with van der Waals surface area (Å²) in [4.78, 5) is 23.5. The van der Waals surface area contributed by atoms with Gasteiger partial charge in [0.1, 0.15) is 12.0 Å². The van der Waals surface area contributed by atoms with Crippen LogP contribution in [0, 0.1) is 10.1 Å². The minimum absolute atomic E-state index is 0.0668. The number of fused-ring (bicyclic) bond motifs is 1. The van der Waals surface area contributed by atoms with E-state index >= 15 is 0 Å². The SMILES string of the molecule is CN(Cc1ccc2ccccc2c1)c1ccc(C=O)cc1[N+](=O)[O-]. The van der Waals surface area contributed by atoms with Crippen LogP contribution in [-0.2, 0) is 6.54 Å². The molecule has 3 aromatic rings. The summed E-state index contributed by atoms with van der Waals surface area (Å²) in [6, 6.07) is 18.7. The summed E-state index contributed by atoms with van der Waals surface area (Å²) in [5.74, 6) is 0. The molecule has 0 N–H and O–H groups in total. The molecule has 24 heavy (non-hydrogen) atoms. The highest BCUT2D eigenvalue weighted by Gasteiger charge is 2.18. The monoisotopic (exact) mass is 320 g/mol. The number of aldehydes is 1. The number of rotatable bonds is 5. The van der Waals surface area contributed by atoms with Crippen molar-refractivity contribution in [2.24, 2.45) is 0 Å². The van der Waals surface area contributed by atoms with Crippen molar-refractivity contribution in [3.8, 4) is 0 Å². The lowest BCUT2D eigenvalue weighted by atomic mass is 10.1. The molecule has 0 radical (unpaired) electrons. The Kier molecular flexibility index (Phi) is 4.24. The second kappa shape index (κ2) is 6.50. The number of hydrogen-bond acceptors (Lipinski definition) is 4. The molecule has 0 aromatic heterocycles. The van der Waals surface area contributed by atoms with Gasteiger partial charge in [0, 0.05) is 25.2 Å². The third kappa shape index (κ3) is 3.10. The minimum Gasteiger partial charge on any atom is -0.365 e. The average molecular weight is 320 g/mol. The van der Waals surface area contributed by atoms with Crippen LogP contribution in [0.1, 0.15) is 15.9 Å². The van der Waals surface area contributed by atoms with Crippen molar-refractivity contribution in [3.63, 3.8) is 0 Å². The van der Waals surface area contributed by atoms with Crippen LogP contribution in [0.5, 0.6) is 0 Å². The molecule has 0 amide bonds. The Bertz CT molecular complexity index is 921. The minimum atomic E-state index is -0.459. The number of benzene rings is 3. The fourth-order valence-corrected chi connectivity index (χ4v) is 2.78. The Labute approximate surface area is 139 Å². The van der Waals surface area contributed by atoms with E-state index in [1.807, 2.05) is 41.3 Å². The van der Waals surface area contributed by atoms with Gasteiger partial charge in [-0.1, -0.05) is 36.4 Å². The van der Waals surface area contributed by atoms with E-state index in [0.29, 0.717) is 24.1 Å². The van der Waals surface area contributed by atoms with Crippen molar-refractivity contribution in [2.45, 2.75) is 6.54 Å². The van der Waals surface area contributed by atoms with Gasteiger partial charge in [0.15, 0.2) is 0 Å². The van der Waals surface area contributed by atoms with Crippen LogP contribution in [0.15, 0.2) is 60.7 Å². The second-order valence-corrected chi connectivity index (χ2v) is 5.66. The predicted molar refractivity (Wildman–Crippen MR) is 94.5 cm³/mol. The third-order valence-corrected chi connectivity index (χ3v) is 3.98. The molecule has 0 fully saturated rings. The van der Waals surface area contributed by atoms with E-state index in [-0.39, 0.29) is 5.69 Å². The van der Waals surface area contributed by atoms with Crippen LogP contribution in [0.2, 0.25) is 0 Å². The zero-order valence-corrected chi connectivity index (χ0v) is 13.2. The number of anilines is 1. The Hall–Kier alpha value is -3.21. The molecule has 0 atom stereocenters. The van der Waals surface area contributed by atoms with Gasteiger partial charge in [-0.3, -0.25) is 14.9 Å². The fourth-order valence-electron chi connectivity index (χ4n) is 2.78. The highest BCUT2D eigenvalue weighted by atomic mass is 16.6. The van der Waals surface area contributed by atoms with Gasteiger partial charge in [-0.25, -0.2) is 0 Å². The maximum atomic E-state index is 11.3. The number of hydrogen-bond donors (Lipinski definition) is 0. The zero-order chi connectivity index (χ0) is 17.1. The van der Waals surface area contributed by atoms with E-state index in [9.17, 15) is 14.9 Å². The van der Waals surface area contributed by atoms with Crippen molar-refractivity contribution in [1.29, 1.82) is 0 Å². The van der Waals surface area contributed by atoms with Crippen LogP contribution in [0.3, 0.4) is 0 Å². The van der Waals surface area contributed by atoms with Crippen molar-refractivity contribution in [3.05, 3.63) is 81.9 Å². The smallest absolute Gasteiger partial charge is 0.293 e. The molecule has 0 aliphatic carbocycles. The second-order valence-electron chi connectivity index (χ2n) is 5.66. The Balaban J connectivity index is 1.92. The molecular formula is C19H16N2O3. The first kappa shape index (κ1) is 15.7. The lowest BCUT2D eigenvalue weighted by Gasteiger charge is -2.19. The quantitative estimate of drug-likeness (QED) is 0.401. The van der Waals surface area contributed by atoms with Gasteiger partial charge in [-0.2, -0.15) is 0 Å². The van der Waals surface area contributed by atoms with Crippen molar-refractivity contribution in [1.82, 2.24) is 0 Å². The maximum Gasteiger partial charge on any atom is 0.293 e. The normalized spacial score (nSPS) is 10.5. The molecule has 0 saturated carbocycles. The van der Waals surface area contributed by atoms with E-state index in [4.69, 9.17) is 0 Å². The molecule has 3 aromatic carbocycles. The van der Waals surface area contributed by atoms with E-state index in [2.05, 4.69) is 6.07 Å². The van der Waals surface area contributed by atoms with E-state index in [0.717, 1.165) is 16.3 Å². The van der Waals surface area contributed by atoms with Gasteiger partial charge in [-0.05, 0) is 34.5 Å². The van der Waals surface area contributed by atoms with Crippen LogP contribution in [0.4, 0.5) is 11.4 Å². The maximum absolute atomic E-state index is 11.3. The standard InChI is InChI=1S/C19H16N2O3/c1-20(18-9-7-15(13-22)11-19(18)21(23)24)12-14-6-8-16-4-2-3-5-17(16)10-14/h2-11,13H,12H2,1H3. The number of nitro groups is 1. The van der Waals surface area contributed by atoms with Gasteiger partial charge in [0.2, 0.25) is 0 Å². The van der Waals surface area contributed by atoms with E-state index in [1.54, 1.807) is 19.2 Å². The van der Waals surface area contributed by atoms with Crippen LogP contribution in [-0.4, -0.2) is 18.3 Å². The molecule has 0 unspecified atom stereocenters. The first-order valence-electron chi connectivity index (χ1n) is 7.51. The summed E-state index contributed by atoms with van der Waals surface area (Å²) in [6.45, 7) is 0.534. The zero-order valence-electron chi connectivity index (χ0n) is 13.2. The van der Waals surface area contributed by atoms with Crippen LogP contribution < -0.4 is 4.90 Å². The lowest BCUT2D eigenvalue weighted by Crippen LogP contribution is -2.17. The summed E-state index contributed by atoms with van der Waals surface area (Å²) >= 11 is 0. The molecule has 0 aliphatic rings. The summed E-state index contributed by atoms with van der Waals surface area (Å²) in [5, 5.41) is 13.6.